The van der Waals surface area contributed by atoms with Gasteiger partial charge in [0.05, 0.1) is 10.7 Å². The molecule has 0 fully saturated rings. The maximum Gasteiger partial charge on any atom is 0.292 e. The van der Waals surface area contributed by atoms with Crippen LogP contribution in [0.25, 0.3) is 0 Å². The van der Waals surface area contributed by atoms with Gasteiger partial charge in [0.2, 0.25) is 11.0 Å². The molecule has 0 atom stereocenters. The molecule has 8 nitrogen and oxygen atoms in total. The number of aryl methyl sites for hydroxylation is 2. The number of benzene rings is 2. The number of carbonyl (C=O) groups is 1. The van der Waals surface area contributed by atoms with Crippen molar-refractivity contribution in [1.82, 2.24) is 10.2 Å². The Bertz CT molecular complexity index is 1020. The lowest BCUT2D eigenvalue weighted by Crippen LogP contribution is -2.15. The van der Waals surface area contributed by atoms with Gasteiger partial charge in [-0.1, -0.05) is 41.3 Å². The lowest BCUT2D eigenvalue weighted by atomic mass is 10.1. The Kier molecular flexibility index (Phi) is 6.22. The van der Waals surface area contributed by atoms with Crippen LogP contribution in [0.3, 0.4) is 0 Å². The maximum atomic E-state index is 12.1. The van der Waals surface area contributed by atoms with Gasteiger partial charge in [-0.2, -0.15) is 0 Å². The van der Waals surface area contributed by atoms with Crippen LogP contribution in [0.4, 0.5) is 22.2 Å². The molecule has 0 bridgehead atoms. The maximum absolute atomic E-state index is 12.1. The highest BCUT2D eigenvalue weighted by atomic mass is 32.2. The van der Waals surface area contributed by atoms with Crippen molar-refractivity contribution in [2.24, 2.45) is 0 Å². The lowest BCUT2D eigenvalue weighted by molar-refractivity contribution is -0.383. The topological polar surface area (TPSA) is 110 Å². The van der Waals surface area contributed by atoms with E-state index >= 15 is 0 Å². The van der Waals surface area contributed by atoms with Crippen LogP contribution in [0.1, 0.15) is 11.1 Å². The first-order chi connectivity index (χ1) is 13.4. The Hall–Kier alpha value is -2.98. The summed E-state index contributed by atoms with van der Waals surface area (Å²) in [6, 6.07) is 12.1. The number of para-hydroxylation sites is 2. The van der Waals surface area contributed by atoms with Gasteiger partial charge in [-0.25, -0.2) is 0 Å². The van der Waals surface area contributed by atoms with Crippen LogP contribution in [0.2, 0.25) is 0 Å². The zero-order chi connectivity index (χ0) is 20.1. The zero-order valence-corrected chi connectivity index (χ0v) is 16.8. The number of nitro groups is 1. The second kappa shape index (κ2) is 8.81. The molecule has 1 amide bonds. The highest BCUT2D eigenvalue weighted by Crippen LogP contribution is 2.29. The van der Waals surface area contributed by atoms with E-state index in [0.717, 1.165) is 5.69 Å². The molecule has 1 aromatic heterocycles. The average Bonchev–Trinajstić information content (AvgIpc) is 3.11. The van der Waals surface area contributed by atoms with Crippen LogP contribution >= 0.6 is 23.1 Å². The van der Waals surface area contributed by atoms with E-state index in [9.17, 15) is 14.9 Å². The van der Waals surface area contributed by atoms with Gasteiger partial charge in [0.25, 0.3) is 5.69 Å². The van der Waals surface area contributed by atoms with Crippen LogP contribution in [0.15, 0.2) is 46.8 Å². The second-order valence-electron chi connectivity index (χ2n) is 5.91. The van der Waals surface area contributed by atoms with Gasteiger partial charge in [-0.15, -0.1) is 10.2 Å². The van der Waals surface area contributed by atoms with Gasteiger partial charge in [0.1, 0.15) is 5.69 Å². The smallest absolute Gasteiger partial charge is 0.292 e. The number of nitro benzene ring substituents is 1. The van der Waals surface area contributed by atoms with Gasteiger partial charge >= 0.3 is 0 Å². The predicted molar refractivity (Wildman–Crippen MR) is 112 cm³/mol. The molecule has 0 unspecified atom stereocenters. The van der Waals surface area contributed by atoms with E-state index in [1.165, 1.54) is 46.4 Å². The number of nitrogens with zero attached hydrogens (tertiary/aromatic N) is 3. The summed E-state index contributed by atoms with van der Waals surface area (Å²) < 4.78 is 0.629. The van der Waals surface area contributed by atoms with Crippen molar-refractivity contribution in [3.8, 4) is 0 Å². The standard InChI is InChI=1S/C18H17N5O3S2/c1-11-7-8-13(9-12(11)2)19-17-21-22-18(28-17)27-10-16(24)20-14-5-3-4-6-15(14)23(25)26/h3-9H,10H2,1-2H3,(H,19,21)(H,20,24). The van der Waals surface area contributed by atoms with Crippen LogP contribution < -0.4 is 10.6 Å². The monoisotopic (exact) mass is 415 g/mol. The minimum absolute atomic E-state index is 0.0737. The molecule has 0 aliphatic heterocycles. The summed E-state index contributed by atoms with van der Waals surface area (Å²) in [7, 11) is 0. The number of carbonyl (C=O) groups excluding carboxylic acids is 1. The number of rotatable bonds is 7. The van der Waals surface area contributed by atoms with E-state index in [2.05, 4.69) is 20.8 Å². The molecular formula is C18H17N5O3S2. The SMILES string of the molecule is Cc1ccc(Nc2nnc(SCC(=O)Nc3ccccc3[N+](=O)[O-])s2)cc1C. The Morgan fingerprint density at radius 1 is 1.18 bits per heavy atom. The third kappa shape index (κ3) is 5.05. The third-order valence-electron chi connectivity index (χ3n) is 3.87. The zero-order valence-electron chi connectivity index (χ0n) is 15.1. The average molecular weight is 416 g/mol. The van der Waals surface area contributed by atoms with Crippen LogP contribution in [0, 0.1) is 24.0 Å². The summed E-state index contributed by atoms with van der Waals surface area (Å²) in [6.45, 7) is 4.09. The number of hydrogen-bond acceptors (Lipinski definition) is 8. The van der Waals surface area contributed by atoms with Crippen molar-refractivity contribution in [1.29, 1.82) is 0 Å². The number of hydrogen-bond donors (Lipinski definition) is 2. The van der Waals surface area contributed by atoms with Crippen LogP contribution in [0.5, 0.6) is 0 Å². The molecule has 3 aromatic rings. The highest BCUT2D eigenvalue weighted by molar-refractivity contribution is 8.01. The van der Waals surface area contributed by atoms with E-state index in [0.29, 0.717) is 9.47 Å². The number of thioether (sulfide) groups is 1. The summed E-state index contributed by atoms with van der Waals surface area (Å²) >= 11 is 2.56. The van der Waals surface area contributed by atoms with E-state index < -0.39 is 4.92 Å². The number of anilines is 3. The molecule has 3 rings (SSSR count). The first-order valence-electron chi connectivity index (χ1n) is 8.26. The molecule has 0 aliphatic carbocycles. The molecule has 2 N–H and O–H groups in total. The minimum atomic E-state index is -0.530. The fourth-order valence-electron chi connectivity index (χ4n) is 2.31. The summed E-state index contributed by atoms with van der Waals surface area (Å²) in [5.74, 6) is -0.275. The molecule has 2 aromatic carbocycles. The van der Waals surface area contributed by atoms with Crippen LogP contribution in [-0.2, 0) is 4.79 Å². The Morgan fingerprint density at radius 3 is 2.71 bits per heavy atom. The van der Waals surface area contributed by atoms with Crippen molar-refractivity contribution in [3.63, 3.8) is 0 Å². The van der Waals surface area contributed by atoms with Gasteiger partial charge in [0.15, 0.2) is 4.34 Å². The molecule has 0 aliphatic rings. The summed E-state index contributed by atoms with van der Waals surface area (Å²) in [5, 5.41) is 25.5. The molecule has 1 heterocycles. The second-order valence-corrected chi connectivity index (χ2v) is 8.11. The third-order valence-corrected chi connectivity index (χ3v) is 5.84. The van der Waals surface area contributed by atoms with E-state index in [4.69, 9.17) is 0 Å². The summed E-state index contributed by atoms with van der Waals surface area (Å²) in [5.41, 5.74) is 3.34. The summed E-state index contributed by atoms with van der Waals surface area (Å²) in [4.78, 5) is 22.6. The fourth-order valence-corrected chi connectivity index (χ4v) is 3.89. The quantitative estimate of drug-likeness (QED) is 0.331. The van der Waals surface area contributed by atoms with Gasteiger partial charge in [0, 0.05) is 11.8 Å². The van der Waals surface area contributed by atoms with E-state index in [1.807, 2.05) is 32.0 Å². The first kappa shape index (κ1) is 19.8. The molecule has 28 heavy (non-hydrogen) atoms. The Balaban J connectivity index is 1.56. The highest BCUT2D eigenvalue weighted by Gasteiger charge is 2.15. The molecule has 0 saturated carbocycles. The first-order valence-corrected chi connectivity index (χ1v) is 10.1. The van der Waals surface area contributed by atoms with E-state index in [-0.39, 0.29) is 23.0 Å². The number of nitrogens with one attached hydrogen (secondary N) is 2. The Morgan fingerprint density at radius 2 is 1.96 bits per heavy atom. The van der Waals surface area contributed by atoms with Crippen molar-refractivity contribution >= 4 is 51.2 Å². The molecule has 0 saturated heterocycles. The largest absolute Gasteiger partial charge is 0.330 e. The van der Waals surface area contributed by atoms with Gasteiger partial charge < -0.3 is 10.6 Å². The Labute approximate surface area is 169 Å². The predicted octanol–water partition coefficient (Wildman–Crippen LogP) is 4.54. The summed E-state index contributed by atoms with van der Waals surface area (Å²) in [6.07, 6.45) is 0. The van der Waals surface area contributed by atoms with Crippen molar-refractivity contribution < 1.29 is 9.72 Å². The van der Waals surface area contributed by atoms with Gasteiger partial charge in [-0.3, -0.25) is 14.9 Å². The van der Waals surface area contributed by atoms with Crippen molar-refractivity contribution in [3.05, 3.63) is 63.7 Å². The van der Waals surface area contributed by atoms with E-state index in [1.54, 1.807) is 12.1 Å². The molecule has 10 heteroatoms. The number of aromatic nitrogens is 2. The van der Waals surface area contributed by atoms with Crippen molar-refractivity contribution in [2.75, 3.05) is 16.4 Å². The molecule has 144 valence electrons. The normalized spacial score (nSPS) is 10.5. The molecule has 0 radical (unpaired) electrons. The molecule has 0 spiro atoms. The lowest BCUT2D eigenvalue weighted by Gasteiger charge is -2.05. The minimum Gasteiger partial charge on any atom is -0.330 e. The number of amides is 1. The fraction of sp³-hybridized carbons (Fsp3) is 0.167. The van der Waals surface area contributed by atoms with Crippen LogP contribution in [-0.4, -0.2) is 26.8 Å². The van der Waals surface area contributed by atoms with Gasteiger partial charge in [-0.05, 0) is 43.2 Å². The molecular weight excluding hydrogens is 398 g/mol. The van der Waals surface area contributed by atoms with Crippen molar-refractivity contribution in [2.45, 2.75) is 18.2 Å².